The van der Waals surface area contributed by atoms with Crippen molar-refractivity contribution in [2.24, 2.45) is 10.7 Å². The van der Waals surface area contributed by atoms with Crippen LogP contribution in [0.15, 0.2) is 23.2 Å². The highest BCUT2D eigenvalue weighted by Gasteiger charge is 2.12. The molecule has 0 unspecified atom stereocenters. The Kier molecular flexibility index (Phi) is 6.83. The molecule has 0 aliphatic rings. The summed E-state index contributed by atoms with van der Waals surface area (Å²) in [6, 6.07) is 5.99. The second-order valence-electron chi connectivity index (χ2n) is 5.30. The van der Waals surface area contributed by atoms with Crippen molar-refractivity contribution < 1.29 is 8.42 Å². The Morgan fingerprint density at radius 3 is 2.55 bits per heavy atom. The first kappa shape index (κ1) is 18.4. The van der Waals surface area contributed by atoms with E-state index in [1.807, 2.05) is 32.0 Å². The Hall–Kier alpha value is -1.60. The monoisotopic (exact) mass is 326 g/mol. The fourth-order valence-corrected chi connectivity index (χ4v) is 2.94. The van der Waals surface area contributed by atoms with Gasteiger partial charge >= 0.3 is 0 Å². The highest BCUT2D eigenvalue weighted by Crippen LogP contribution is 2.13. The van der Waals surface area contributed by atoms with Gasteiger partial charge in [0.05, 0.1) is 6.26 Å². The average molecular weight is 326 g/mol. The molecule has 0 aliphatic carbocycles. The van der Waals surface area contributed by atoms with E-state index in [2.05, 4.69) is 17.2 Å². The quantitative estimate of drug-likeness (QED) is 0.453. The minimum Gasteiger partial charge on any atom is -0.370 e. The Bertz CT molecular complexity index is 626. The summed E-state index contributed by atoms with van der Waals surface area (Å²) < 4.78 is 24.3. The van der Waals surface area contributed by atoms with Crippen molar-refractivity contribution >= 4 is 21.7 Å². The number of nitrogens with zero attached hydrogens (tertiary/aromatic N) is 2. The van der Waals surface area contributed by atoms with E-state index in [4.69, 9.17) is 5.73 Å². The summed E-state index contributed by atoms with van der Waals surface area (Å²) in [4.78, 5) is 4.22. The molecule has 0 heterocycles. The summed E-state index contributed by atoms with van der Waals surface area (Å²) in [5, 5.41) is 3.04. The lowest BCUT2D eigenvalue weighted by atomic mass is 10.1. The third kappa shape index (κ3) is 6.03. The largest absolute Gasteiger partial charge is 0.370 e. The fraction of sp³-hybridized carbons (Fsp3) is 0.533. The SMILES string of the molecule is CCN(CCCN=C(N)Nc1ccc(C)c(C)c1)S(C)(=O)=O. The normalized spacial score (nSPS) is 12.7. The minimum atomic E-state index is -3.14. The van der Waals surface area contributed by atoms with Crippen LogP contribution in [-0.2, 0) is 10.0 Å². The van der Waals surface area contributed by atoms with Crippen LogP contribution in [-0.4, -0.2) is 44.6 Å². The van der Waals surface area contributed by atoms with Crippen LogP contribution in [0.5, 0.6) is 0 Å². The number of aryl methyl sites for hydroxylation is 2. The molecule has 3 N–H and O–H groups in total. The summed E-state index contributed by atoms with van der Waals surface area (Å²) in [5.41, 5.74) is 9.14. The zero-order valence-corrected chi connectivity index (χ0v) is 14.6. The molecule has 22 heavy (non-hydrogen) atoms. The number of hydrogen-bond donors (Lipinski definition) is 2. The Balaban J connectivity index is 2.48. The first-order chi connectivity index (χ1) is 10.2. The molecule has 0 spiro atoms. The van der Waals surface area contributed by atoms with Gasteiger partial charge in [-0.05, 0) is 43.5 Å². The summed E-state index contributed by atoms with van der Waals surface area (Å²) in [5.74, 6) is 0.339. The van der Waals surface area contributed by atoms with Crippen LogP contribution in [0.3, 0.4) is 0 Å². The molecule has 0 bridgehead atoms. The molecule has 0 saturated carbocycles. The number of nitrogens with one attached hydrogen (secondary N) is 1. The zero-order chi connectivity index (χ0) is 16.8. The first-order valence-corrected chi connectivity index (χ1v) is 9.18. The molecular weight excluding hydrogens is 300 g/mol. The molecule has 124 valence electrons. The van der Waals surface area contributed by atoms with Crippen LogP contribution < -0.4 is 11.1 Å². The van der Waals surface area contributed by atoms with Crippen LogP contribution in [0.1, 0.15) is 24.5 Å². The Morgan fingerprint density at radius 2 is 2.00 bits per heavy atom. The van der Waals surface area contributed by atoms with E-state index in [0.29, 0.717) is 32.0 Å². The van der Waals surface area contributed by atoms with Crippen LogP contribution in [0, 0.1) is 13.8 Å². The zero-order valence-electron chi connectivity index (χ0n) is 13.8. The van der Waals surface area contributed by atoms with Crippen molar-refractivity contribution in [3.05, 3.63) is 29.3 Å². The molecule has 0 aliphatic heterocycles. The van der Waals surface area contributed by atoms with Gasteiger partial charge in [-0.25, -0.2) is 12.7 Å². The lowest BCUT2D eigenvalue weighted by molar-refractivity contribution is 0.427. The summed E-state index contributed by atoms with van der Waals surface area (Å²) in [6.07, 6.45) is 1.85. The van der Waals surface area contributed by atoms with Crippen LogP contribution >= 0.6 is 0 Å². The van der Waals surface area contributed by atoms with Crippen molar-refractivity contribution in [1.29, 1.82) is 0 Å². The van der Waals surface area contributed by atoms with Crippen molar-refractivity contribution in [3.8, 4) is 0 Å². The predicted molar refractivity (Wildman–Crippen MR) is 92.7 cm³/mol. The Labute approximate surface area is 133 Å². The maximum absolute atomic E-state index is 11.4. The van der Waals surface area contributed by atoms with Gasteiger partial charge < -0.3 is 11.1 Å². The third-order valence-electron chi connectivity index (χ3n) is 3.45. The van der Waals surface area contributed by atoms with Crippen LogP contribution in [0.2, 0.25) is 0 Å². The van der Waals surface area contributed by atoms with Gasteiger partial charge in [-0.15, -0.1) is 0 Å². The molecular formula is C15H26N4O2S. The van der Waals surface area contributed by atoms with Gasteiger partial charge in [-0.2, -0.15) is 0 Å². The molecule has 6 nitrogen and oxygen atoms in total. The summed E-state index contributed by atoms with van der Waals surface area (Å²) in [6.45, 7) is 7.32. The number of rotatable bonds is 7. The number of hydrogen-bond acceptors (Lipinski definition) is 3. The molecule has 0 aromatic heterocycles. The number of nitrogens with two attached hydrogens (primary N) is 1. The maximum Gasteiger partial charge on any atom is 0.211 e. The topological polar surface area (TPSA) is 87.8 Å². The van der Waals surface area contributed by atoms with E-state index in [-0.39, 0.29) is 0 Å². The number of anilines is 1. The van der Waals surface area contributed by atoms with Crippen molar-refractivity contribution in [2.75, 3.05) is 31.2 Å². The summed E-state index contributed by atoms with van der Waals surface area (Å²) in [7, 11) is -3.14. The fourth-order valence-electron chi connectivity index (χ4n) is 2.01. The lowest BCUT2D eigenvalue weighted by Crippen LogP contribution is -2.31. The van der Waals surface area contributed by atoms with Crippen molar-refractivity contribution in [3.63, 3.8) is 0 Å². The lowest BCUT2D eigenvalue weighted by Gasteiger charge is -2.16. The van der Waals surface area contributed by atoms with Gasteiger partial charge in [0.15, 0.2) is 5.96 Å². The van der Waals surface area contributed by atoms with Crippen LogP contribution in [0.25, 0.3) is 0 Å². The van der Waals surface area contributed by atoms with E-state index >= 15 is 0 Å². The number of sulfonamides is 1. The van der Waals surface area contributed by atoms with Gasteiger partial charge in [-0.1, -0.05) is 13.0 Å². The first-order valence-electron chi connectivity index (χ1n) is 7.33. The summed E-state index contributed by atoms with van der Waals surface area (Å²) >= 11 is 0. The molecule has 0 saturated heterocycles. The molecule has 1 aromatic carbocycles. The number of benzene rings is 1. The standard InChI is InChI=1S/C15H26N4O2S/c1-5-19(22(4,20)21)10-6-9-17-15(16)18-14-8-7-12(2)13(3)11-14/h7-8,11H,5-6,9-10H2,1-4H3,(H3,16,17,18). The van der Waals surface area contributed by atoms with Gasteiger partial charge in [0.1, 0.15) is 0 Å². The molecule has 0 radical (unpaired) electrons. The molecule has 0 atom stereocenters. The van der Waals surface area contributed by atoms with E-state index in [9.17, 15) is 8.42 Å². The third-order valence-corrected chi connectivity index (χ3v) is 4.83. The molecule has 0 fully saturated rings. The van der Waals surface area contributed by atoms with E-state index in [1.165, 1.54) is 21.7 Å². The molecule has 1 rings (SSSR count). The van der Waals surface area contributed by atoms with Gasteiger partial charge in [-0.3, -0.25) is 4.99 Å². The molecule has 1 aromatic rings. The number of guanidine groups is 1. The van der Waals surface area contributed by atoms with Gasteiger partial charge in [0.25, 0.3) is 0 Å². The average Bonchev–Trinajstić information content (AvgIpc) is 2.41. The highest BCUT2D eigenvalue weighted by atomic mass is 32.2. The molecule has 0 amide bonds. The smallest absolute Gasteiger partial charge is 0.211 e. The van der Waals surface area contributed by atoms with Gasteiger partial charge in [0.2, 0.25) is 10.0 Å². The highest BCUT2D eigenvalue weighted by molar-refractivity contribution is 7.88. The van der Waals surface area contributed by atoms with E-state index < -0.39 is 10.0 Å². The second-order valence-corrected chi connectivity index (χ2v) is 7.28. The minimum absolute atomic E-state index is 0.339. The number of aliphatic imine (C=N–C) groups is 1. The predicted octanol–water partition coefficient (Wildman–Crippen LogP) is 1.70. The maximum atomic E-state index is 11.4. The van der Waals surface area contributed by atoms with E-state index in [1.54, 1.807) is 0 Å². The molecule has 7 heteroatoms. The van der Waals surface area contributed by atoms with E-state index in [0.717, 1.165) is 5.69 Å². The van der Waals surface area contributed by atoms with Gasteiger partial charge in [0, 0.05) is 25.3 Å². The van der Waals surface area contributed by atoms with Crippen LogP contribution in [0.4, 0.5) is 5.69 Å². The van der Waals surface area contributed by atoms with Crippen molar-refractivity contribution in [1.82, 2.24) is 4.31 Å². The Morgan fingerprint density at radius 1 is 1.32 bits per heavy atom. The second kappa shape index (κ2) is 8.14. The van der Waals surface area contributed by atoms with Crippen molar-refractivity contribution in [2.45, 2.75) is 27.2 Å².